The molecule has 0 atom stereocenters. The molecule has 0 radical (unpaired) electrons. The van der Waals surface area contributed by atoms with Gasteiger partial charge in [-0.1, -0.05) is 0 Å². The molecule has 1 amide bonds. The van der Waals surface area contributed by atoms with Crippen molar-refractivity contribution in [2.24, 2.45) is 5.41 Å². The van der Waals surface area contributed by atoms with Crippen LogP contribution in [0.25, 0.3) is 0 Å². The normalized spacial score (nSPS) is 16.6. The molecule has 2 N–H and O–H groups in total. The average Bonchev–Trinajstić information content (AvgIpc) is 3.07. The quantitative estimate of drug-likeness (QED) is 0.755. The van der Waals surface area contributed by atoms with Crippen molar-refractivity contribution in [1.29, 1.82) is 0 Å². The minimum atomic E-state index is -0.658. The predicted octanol–water partition coefficient (Wildman–Crippen LogP) is 1.11. The molecule has 0 spiro atoms. The number of aliphatic hydroxyl groups is 1. The molecule has 1 fully saturated rings. The first kappa shape index (κ1) is 12.0. The molecule has 92 valence electrons. The number of nitrogens with zero attached hydrogens (tertiary/aromatic N) is 1. The molecule has 2 rings (SSSR count). The fourth-order valence-electron chi connectivity index (χ4n) is 1.84. The van der Waals surface area contributed by atoms with Gasteiger partial charge >= 0.3 is 0 Å². The first-order chi connectivity index (χ1) is 8.15. The van der Waals surface area contributed by atoms with Crippen LogP contribution >= 0.6 is 0 Å². The largest absolute Gasteiger partial charge is 0.396 e. The van der Waals surface area contributed by atoms with Crippen molar-refractivity contribution in [2.45, 2.75) is 19.3 Å². The van der Waals surface area contributed by atoms with Crippen LogP contribution in [0.15, 0.2) is 18.3 Å². The highest BCUT2D eigenvalue weighted by molar-refractivity contribution is 5.94. The smallest absolute Gasteiger partial charge is 0.251 e. The van der Waals surface area contributed by atoms with Crippen molar-refractivity contribution in [3.63, 3.8) is 0 Å². The van der Waals surface area contributed by atoms with Crippen LogP contribution in [-0.4, -0.2) is 29.1 Å². The Morgan fingerprint density at radius 1 is 1.59 bits per heavy atom. The number of halogens is 1. The summed E-state index contributed by atoms with van der Waals surface area (Å²) in [4.78, 5) is 15.1. The van der Waals surface area contributed by atoms with Crippen LogP contribution in [0, 0.1) is 11.4 Å². The maximum Gasteiger partial charge on any atom is 0.251 e. The van der Waals surface area contributed by atoms with Crippen LogP contribution in [0.4, 0.5) is 4.39 Å². The number of aliphatic hydroxyl groups excluding tert-OH is 1. The van der Waals surface area contributed by atoms with Gasteiger partial charge in [0.15, 0.2) is 0 Å². The zero-order valence-corrected chi connectivity index (χ0v) is 9.45. The van der Waals surface area contributed by atoms with E-state index in [2.05, 4.69) is 10.3 Å². The molecule has 0 saturated heterocycles. The molecular weight excluding hydrogens is 223 g/mol. The van der Waals surface area contributed by atoms with Gasteiger partial charge in [0.25, 0.3) is 5.91 Å². The summed E-state index contributed by atoms with van der Waals surface area (Å²) in [6.07, 6.45) is 4.03. The number of hydrogen-bond acceptors (Lipinski definition) is 3. The molecule has 1 aliphatic carbocycles. The van der Waals surface area contributed by atoms with Gasteiger partial charge in [0.2, 0.25) is 5.95 Å². The van der Waals surface area contributed by atoms with E-state index in [9.17, 15) is 9.18 Å². The Labute approximate surface area is 98.9 Å². The number of carbonyl (C=O) groups excluding carboxylic acids is 1. The summed E-state index contributed by atoms with van der Waals surface area (Å²) >= 11 is 0. The minimum absolute atomic E-state index is 0.0655. The highest BCUT2D eigenvalue weighted by Gasteiger charge is 2.41. The summed E-state index contributed by atoms with van der Waals surface area (Å²) in [5.74, 6) is -0.954. The van der Waals surface area contributed by atoms with E-state index in [0.29, 0.717) is 13.0 Å². The molecule has 5 heteroatoms. The van der Waals surface area contributed by atoms with Crippen LogP contribution in [0.2, 0.25) is 0 Å². The van der Waals surface area contributed by atoms with E-state index in [1.165, 1.54) is 12.3 Å². The number of rotatable bonds is 5. The van der Waals surface area contributed by atoms with Crippen molar-refractivity contribution in [3.8, 4) is 0 Å². The van der Waals surface area contributed by atoms with E-state index in [-0.39, 0.29) is 23.5 Å². The fraction of sp³-hybridized carbons (Fsp3) is 0.500. The monoisotopic (exact) mass is 238 g/mol. The number of carbonyl (C=O) groups is 1. The predicted molar refractivity (Wildman–Crippen MR) is 59.9 cm³/mol. The van der Waals surface area contributed by atoms with Gasteiger partial charge in [0, 0.05) is 31.0 Å². The molecule has 1 aromatic heterocycles. The first-order valence-corrected chi connectivity index (χ1v) is 5.66. The third-order valence-electron chi connectivity index (χ3n) is 3.21. The van der Waals surface area contributed by atoms with E-state index >= 15 is 0 Å². The third-order valence-corrected chi connectivity index (χ3v) is 3.21. The molecule has 1 heterocycles. The second kappa shape index (κ2) is 4.79. The van der Waals surface area contributed by atoms with Crippen LogP contribution in [0.1, 0.15) is 29.6 Å². The van der Waals surface area contributed by atoms with E-state index in [1.807, 2.05) is 0 Å². The molecule has 0 bridgehead atoms. The number of pyridine rings is 1. The standard InChI is InChI=1S/C12H15FN2O2/c13-10-7-9(1-5-14-10)11(17)15-8-12(2-3-12)4-6-16/h1,5,7,16H,2-4,6,8H2,(H,15,17). The Hall–Kier alpha value is -1.49. The summed E-state index contributed by atoms with van der Waals surface area (Å²) in [7, 11) is 0. The van der Waals surface area contributed by atoms with Gasteiger partial charge in [-0.25, -0.2) is 4.98 Å². The fourth-order valence-corrected chi connectivity index (χ4v) is 1.84. The SMILES string of the molecule is O=C(NCC1(CCO)CC1)c1ccnc(F)c1. The van der Waals surface area contributed by atoms with Crippen molar-refractivity contribution in [3.05, 3.63) is 29.8 Å². The molecule has 0 unspecified atom stereocenters. The lowest BCUT2D eigenvalue weighted by Crippen LogP contribution is -2.30. The topological polar surface area (TPSA) is 62.2 Å². The Kier molecular flexibility index (Phi) is 3.38. The Bertz CT molecular complexity index is 419. The van der Waals surface area contributed by atoms with Crippen molar-refractivity contribution < 1.29 is 14.3 Å². The Balaban J connectivity index is 1.90. The van der Waals surface area contributed by atoms with Crippen LogP contribution < -0.4 is 5.32 Å². The minimum Gasteiger partial charge on any atom is -0.396 e. The van der Waals surface area contributed by atoms with Crippen LogP contribution in [0.5, 0.6) is 0 Å². The second-order valence-corrected chi connectivity index (χ2v) is 4.52. The van der Waals surface area contributed by atoms with E-state index in [4.69, 9.17) is 5.11 Å². The first-order valence-electron chi connectivity index (χ1n) is 5.66. The van der Waals surface area contributed by atoms with Gasteiger partial charge in [-0.3, -0.25) is 4.79 Å². The van der Waals surface area contributed by atoms with Gasteiger partial charge in [0.1, 0.15) is 0 Å². The van der Waals surface area contributed by atoms with Crippen molar-refractivity contribution in [2.75, 3.05) is 13.2 Å². The second-order valence-electron chi connectivity index (χ2n) is 4.52. The van der Waals surface area contributed by atoms with Crippen LogP contribution in [-0.2, 0) is 0 Å². The Morgan fingerprint density at radius 3 is 2.94 bits per heavy atom. The zero-order valence-electron chi connectivity index (χ0n) is 9.45. The molecule has 17 heavy (non-hydrogen) atoms. The lowest BCUT2D eigenvalue weighted by molar-refractivity contribution is 0.0940. The van der Waals surface area contributed by atoms with E-state index < -0.39 is 5.95 Å². The van der Waals surface area contributed by atoms with E-state index in [1.54, 1.807) is 0 Å². The molecular formula is C12H15FN2O2. The molecule has 0 aliphatic heterocycles. The van der Waals surface area contributed by atoms with Gasteiger partial charge in [0.05, 0.1) is 0 Å². The highest BCUT2D eigenvalue weighted by Crippen LogP contribution is 2.47. The Morgan fingerprint density at radius 2 is 2.35 bits per heavy atom. The summed E-state index contributed by atoms with van der Waals surface area (Å²) in [5, 5.41) is 11.7. The summed E-state index contributed by atoms with van der Waals surface area (Å²) in [6, 6.07) is 2.59. The third kappa shape index (κ3) is 3.00. The van der Waals surface area contributed by atoms with E-state index in [0.717, 1.165) is 18.9 Å². The maximum atomic E-state index is 12.8. The van der Waals surface area contributed by atoms with Crippen LogP contribution in [0.3, 0.4) is 0 Å². The molecule has 1 saturated carbocycles. The van der Waals surface area contributed by atoms with Gasteiger partial charge in [-0.15, -0.1) is 0 Å². The molecule has 1 aliphatic rings. The highest BCUT2D eigenvalue weighted by atomic mass is 19.1. The average molecular weight is 238 g/mol. The summed E-state index contributed by atoms with van der Waals surface area (Å²) < 4.78 is 12.8. The number of aromatic nitrogens is 1. The summed E-state index contributed by atoms with van der Waals surface area (Å²) in [6.45, 7) is 0.677. The van der Waals surface area contributed by atoms with Gasteiger partial charge in [-0.2, -0.15) is 4.39 Å². The lowest BCUT2D eigenvalue weighted by Gasteiger charge is -2.14. The van der Waals surface area contributed by atoms with Gasteiger partial charge in [-0.05, 0) is 30.7 Å². The number of amides is 1. The van der Waals surface area contributed by atoms with Crippen molar-refractivity contribution >= 4 is 5.91 Å². The maximum absolute atomic E-state index is 12.8. The summed E-state index contributed by atoms with van der Waals surface area (Å²) in [5.41, 5.74) is 0.341. The molecule has 0 aromatic carbocycles. The lowest BCUT2D eigenvalue weighted by atomic mass is 10.0. The van der Waals surface area contributed by atoms with Crippen molar-refractivity contribution in [1.82, 2.24) is 10.3 Å². The number of nitrogens with one attached hydrogen (secondary N) is 1. The zero-order chi connectivity index (χ0) is 12.3. The number of hydrogen-bond donors (Lipinski definition) is 2. The van der Waals surface area contributed by atoms with Gasteiger partial charge < -0.3 is 10.4 Å². The molecule has 4 nitrogen and oxygen atoms in total. The molecule has 1 aromatic rings.